The average molecular weight is 392 g/mol. The first-order valence-corrected chi connectivity index (χ1v) is 10.8. The van der Waals surface area contributed by atoms with Gasteiger partial charge in [-0.05, 0) is 32.1 Å². The fraction of sp³-hybridized carbons (Fsp3) is 0.800. The van der Waals surface area contributed by atoms with Gasteiger partial charge in [0, 0.05) is 51.5 Å². The molecule has 2 aliphatic rings. The van der Waals surface area contributed by atoms with Gasteiger partial charge in [-0.3, -0.25) is 14.2 Å². The van der Waals surface area contributed by atoms with Gasteiger partial charge in [0.05, 0.1) is 0 Å². The number of carbonyl (C=O) groups excluding carboxylic acids is 2. The highest BCUT2D eigenvalue weighted by Crippen LogP contribution is 2.14. The van der Waals surface area contributed by atoms with Gasteiger partial charge in [0.25, 0.3) is 0 Å². The normalized spacial score (nSPS) is 20.2. The second kappa shape index (κ2) is 9.89. The van der Waals surface area contributed by atoms with Gasteiger partial charge in [-0.1, -0.05) is 19.8 Å². The van der Waals surface area contributed by atoms with Gasteiger partial charge in [-0.2, -0.15) is 5.10 Å². The van der Waals surface area contributed by atoms with Crippen molar-refractivity contribution in [3.05, 3.63) is 16.3 Å². The number of nitrogens with one attached hydrogen (secondary N) is 1. The standard InChI is InChI=1S/C20H33N5O3/c1-2-12-25-20(28)24-15-11-16(7-8-17(24)22-25)21-18(26)9-10-19(27)23-13-5-3-4-6-14-23/h16H,2-15H2,1H3,(H,21,26). The predicted molar refractivity (Wildman–Crippen MR) is 106 cm³/mol. The molecule has 0 aromatic carbocycles. The maximum atomic E-state index is 12.4. The Balaban J connectivity index is 1.45. The number of aromatic nitrogens is 3. The molecule has 0 aliphatic carbocycles. The van der Waals surface area contributed by atoms with E-state index in [0.717, 1.165) is 51.0 Å². The largest absolute Gasteiger partial charge is 0.353 e. The molecule has 2 amide bonds. The number of hydrogen-bond acceptors (Lipinski definition) is 4. The van der Waals surface area contributed by atoms with E-state index in [1.807, 2.05) is 11.8 Å². The van der Waals surface area contributed by atoms with Crippen LogP contribution in [0.2, 0.25) is 0 Å². The Kier molecular flexibility index (Phi) is 7.28. The monoisotopic (exact) mass is 391 g/mol. The van der Waals surface area contributed by atoms with Gasteiger partial charge < -0.3 is 10.2 Å². The number of amides is 2. The molecule has 28 heavy (non-hydrogen) atoms. The van der Waals surface area contributed by atoms with E-state index in [2.05, 4.69) is 10.4 Å². The minimum Gasteiger partial charge on any atom is -0.353 e. The van der Waals surface area contributed by atoms with E-state index in [1.165, 1.54) is 12.8 Å². The van der Waals surface area contributed by atoms with Gasteiger partial charge in [-0.15, -0.1) is 0 Å². The molecule has 1 N–H and O–H groups in total. The molecular weight excluding hydrogens is 358 g/mol. The van der Waals surface area contributed by atoms with Crippen LogP contribution in [0.15, 0.2) is 4.79 Å². The van der Waals surface area contributed by atoms with Crippen LogP contribution in [0, 0.1) is 0 Å². The molecule has 0 radical (unpaired) electrons. The van der Waals surface area contributed by atoms with E-state index in [4.69, 9.17) is 0 Å². The van der Waals surface area contributed by atoms with E-state index < -0.39 is 0 Å². The molecular formula is C20H33N5O3. The van der Waals surface area contributed by atoms with Crippen molar-refractivity contribution in [3.8, 4) is 0 Å². The summed E-state index contributed by atoms with van der Waals surface area (Å²) in [5.74, 6) is 0.831. The zero-order valence-corrected chi connectivity index (χ0v) is 17.0. The minimum atomic E-state index is -0.0730. The summed E-state index contributed by atoms with van der Waals surface area (Å²) in [7, 11) is 0. The van der Waals surface area contributed by atoms with Gasteiger partial charge in [0.1, 0.15) is 5.82 Å². The van der Waals surface area contributed by atoms with Gasteiger partial charge in [-0.25, -0.2) is 9.48 Å². The minimum absolute atomic E-state index is 0.0292. The Bertz CT molecular complexity index is 731. The molecule has 3 rings (SSSR count). The van der Waals surface area contributed by atoms with Crippen LogP contribution >= 0.6 is 0 Å². The Morgan fingerprint density at radius 2 is 1.82 bits per heavy atom. The van der Waals surface area contributed by atoms with E-state index >= 15 is 0 Å². The van der Waals surface area contributed by atoms with Crippen molar-refractivity contribution < 1.29 is 9.59 Å². The number of aryl methyl sites for hydroxylation is 2. The summed E-state index contributed by atoms with van der Waals surface area (Å²) in [6, 6.07) is 0.0292. The van der Waals surface area contributed by atoms with E-state index in [-0.39, 0.29) is 36.4 Å². The van der Waals surface area contributed by atoms with Crippen molar-refractivity contribution in [1.29, 1.82) is 0 Å². The summed E-state index contributed by atoms with van der Waals surface area (Å²) >= 11 is 0. The van der Waals surface area contributed by atoms with E-state index in [9.17, 15) is 14.4 Å². The van der Waals surface area contributed by atoms with Gasteiger partial charge in [0.2, 0.25) is 11.8 Å². The molecule has 2 aliphatic heterocycles. The first-order valence-electron chi connectivity index (χ1n) is 10.8. The third-order valence-corrected chi connectivity index (χ3v) is 5.74. The van der Waals surface area contributed by atoms with Crippen molar-refractivity contribution in [2.75, 3.05) is 13.1 Å². The molecule has 8 heteroatoms. The number of likely N-dealkylation sites (tertiary alicyclic amines) is 1. The van der Waals surface area contributed by atoms with Crippen molar-refractivity contribution >= 4 is 11.8 Å². The fourth-order valence-corrected chi connectivity index (χ4v) is 4.13. The number of rotatable bonds is 6. The predicted octanol–water partition coefficient (Wildman–Crippen LogP) is 1.46. The number of nitrogens with zero attached hydrogens (tertiary/aromatic N) is 4. The lowest BCUT2D eigenvalue weighted by Gasteiger charge is -2.20. The lowest BCUT2D eigenvalue weighted by atomic mass is 10.1. The van der Waals surface area contributed by atoms with Crippen molar-refractivity contribution in [2.45, 2.75) is 90.3 Å². The maximum absolute atomic E-state index is 12.4. The zero-order chi connectivity index (χ0) is 19.9. The first kappa shape index (κ1) is 20.6. The molecule has 1 unspecified atom stereocenters. The van der Waals surface area contributed by atoms with Crippen LogP contribution in [0.25, 0.3) is 0 Å². The van der Waals surface area contributed by atoms with Crippen LogP contribution in [0.3, 0.4) is 0 Å². The lowest BCUT2D eigenvalue weighted by Crippen LogP contribution is -2.37. The molecule has 0 spiro atoms. The molecule has 8 nitrogen and oxygen atoms in total. The average Bonchev–Trinajstić information content (AvgIpc) is 2.91. The fourth-order valence-electron chi connectivity index (χ4n) is 4.13. The van der Waals surface area contributed by atoms with E-state index in [0.29, 0.717) is 19.5 Å². The van der Waals surface area contributed by atoms with Gasteiger partial charge in [0.15, 0.2) is 0 Å². The van der Waals surface area contributed by atoms with Crippen LogP contribution in [0.4, 0.5) is 0 Å². The second-order valence-electron chi connectivity index (χ2n) is 7.96. The maximum Gasteiger partial charge on any atom is 0.345 e. The quantitative estimate of drug-likeness (QED) is 0.795. The molecule has 0 bridgehead atoms. The topological polar surface area (TPSA) is 89.2 Å². The number of carbonyl (C=O) groups is 2. The van der Waals surface area contributed by atoms with Crippen LogP contribution in [-0.4, -0.2) is 50.2 Å². The molecule has 1 fully saturated rings. The Morgan fingerprint density at radius 1 is 1.07 bits per heavy atom. The number of hydrogen-bond donors (Lipinski definition) is 1. The third-order valence-electron chi connectivity index (χ3n) is 5.74. The van der Waals surface area contributed by atoms with Crippen LogP contribution in [0.1, 0.15) is 70.5 Å². The van der Waals surface area contributed by atoms with Crippen LogP contribution < -0.4 is 11.0 Å². The second-order valence-corrected chi connectivity index (χ2v) is 7.96. The molecule has 3 heterocycles. The first-order chi connectivity index (χ1) is 13.6. The Hall–Kier alpha value is -2.12. The SMILES string of the molecule is CCCn1nc2n(c1=O)CCC(NC(=O)CCC(=O)N1CCCCCC1)CC2. The van der Waals surface area contributed by atoms with Crippen LogP contribution in [-0.2, 0) is 29.1 Å². The molecule has 1 aromatic heterocycles. The smallest absolute Gasteiger partial charge is 0.345 e. The third kappa shape index (κ3) is 5.23. The molecule has 1 aromatic rings. The summed E-state index contributed by atoms with van der Waals surface area (Å²) in [5, 5.41) is 7.49. The summed E-state index contributed by atoms with van der Waals surface area (Å²) < 4.78 is 3.29. The zero-order valence-electron chi connectivity index (χ0n) is 17.0. The summed E-state index contributed by atoms with van der Waals surface area (Å²) in [4.78, 5) is 38.9. The van der Waals surface area contributed by atoms with Crippen LogP contribution in [0.5, 0.6) is 0 Å². The van der Waals surface area contributed by atoms with Crippen molar-refractivity contribution in [3.63, 3.8) is 0 Å². The summed E-state index contributed by atoms with van der Waals surface area (Å²) in [5.41, 5.74) is -0.0492. The Morgan fingerprint density at radius 3 is 2.54 bits per heavy atom. The highest BCUT2D eigenvalue weighted by Gasteiger charge is 2.22. The molecule has 0 saturated carbocycles. The number of fused-ring (bicyclic) bond motifs is 1. The summed E-state index contributed by atoms with van der Waals surface area (Å²) in [6.07, 6.45) is 8.07. The van der Waals surface area contributed by atoms with E-state index in [1.54, 1.807) is 9.25 Å². The summed E-state index contributed by atoms with van der Waals surface area (Å²) in [6.45, 7) is 4.90. The lowest BCUT2D eigenvalue weighted by molar-refractivity contribution is -0.133. The molecule has 156 valence electrons. The highest BCUT2D eigenvalue weighted by atomic mass is 16.2. The van der Waals surface area contributed by atoms with Crippen molar-refractivity contribution in [1.82, 2.24) is 24.6 Å². The van der Waals surface area contributed by atoms with Gasteiger partial charge >= 0.3 is 5.69 Å². The highest BCUT2D eigenvalue weighted by molar-refractivity contribution is 5.83. The molecule has 1 atom stereocenters. The Labute approximate surface area is 166 Å². The molecule has 1 saturated heterocycles. The van der Waals surface area contributed by atoms with Crippen molar-refractivity contribution in [2.24, 2.45) is 0 Å².